The van der Waals surface area contributed by atoms with Gasteiger partial charge in [0.2, 0.25) is 0 Å². The first-order valence-corrected chi connectivity index (χ1v) is 6.00. The van der Waals surface area contributed by atoms with Gasteiger partial charge in [0, 0.05) is 13.1 Å². The molecule has 0 aromatic heterocycles. The molecule has 0 bridgehead atoms. The topological polar surface area (TPSA) is 15.3 Å². The Morgan fingerprint density at radius 3 is 2.07 bits per heavy atom. The van der Waals surface area contributed by atoms with Crippen LogP contribution in [-0.4, -0.2) is 38.1 Å². The fourth-order valence-corrected chi connectivity index (χ4v) is 1.76. The summed E-state index contributed by atoms with van der Waals surface area (Å²) in [5, 5.41) is 3.24. The highest BCUT2D eigenvalue weighted by Crippen LogP contribution is 2.06. The van der Waals surface area contributed by atoms with Gasteiger partial charge in [0.15, 0.2) is 0 Å². The van der Waals surface area contributed by atoms with Crippen LogP contribution in [0.5, 0.6) is 0 Å². The van der Waals surface area contributed by atoms with E-state index in [1.807, 2.05) is 7.05 Å². The van der Waals surface area contributed by atoms with Gasteiger partial charge in [0.1, 0.15) is 0 Å². The molecule has 0 fully saturated rings. The Hall–Kier alpha value is -0.0800. The first kappa shape index (κ1) is 13.9. The van der Waals surface area contributed by atoms with E-state index in [0.717, 1.165) is 18.4 Å². The third-order valence-electron chi connectivity index (χ3n) is 2.84. The predicted octanol–water partition coefficient (Wildman–Crippen LogP) is 2.21. The first-order valence-electron chi connectivity index (χ1n) is 6.00. The first-order chi connectivity index (χ1) is 6.63. The van der Waals surface area contributed by atoms with Gasteiger partial charge in [0.05, 0.1) is 0 Å². The number of nitrogens with zero attached hydrogens (tertiary/aromatic N) is 1. The fourth-order valence-electron chi connectivity index (χ4n) is 1.76. The van der Waals surface area contributed by atoms with Crippen LogP contribution < -0.4 is 5.32 Å². The van der Waals surface area contributed by atoms with Crippen LogP contribution in [0.2, 0.25) is 0 Å². The second kappa shape index (κ2) is 8.25. The fraction of sp³-hybridized carbons (Fsp3) is 1.00. The molecule has 86 valence electrons. The molecule has 0 amide bonds. The molecule has 0 aromatic carbocycles. The molecule has 2 unspecified atom stereocenters. The molecule has 0 aliphatic carbocycles. The molecule has 2 heteroatoms. The number of nitrogens with one attached hydrogen (secondary N) is 1. The monoisotopic (exact) mass is 200 g/mol. The van der Waals surface area contributed by atoms with Crippen LogP contribution in [0.25, 0.3) is 0 Å². The van der Waals surface area contributed by atoms with E-state index < -0.39 is 0 Å². The van der Waals surface area contributed by atoms with Crippen molar-refractivity contribution in [1.29, 1.82) is 0 Å². The average molecular weight is 200 g/mol. The van der Waals surface area contributed by atoms with Gasteiger partial charge in [-0.1, -0.05) is 34.1 Å². The van der Waals surface area contributed by atoms with Crippen LogP contribution in [0, 0.1) is 11.8 Å². The molecule has 0 aliphatic heterocycles. The lowest BCUT2D eigenvalue weighted by Crippen LogP contribution is -2.35. The maximum absolute atomic E-state index is 3.24. The summed E-state index contributed by atoms with van der Waals surface area (Å²) in [5.74, 6) is 1.58. The van der Waals surface area contributed by atoms with Crippen molar-refractivity contribution in [3.63, 3.8) is 0 Å². The summed E-state index contributed by atoms with van der Waals surface area (Å²) in [6, 6.07) is 0. The average Bonchev–Trinajstić information content (AvgIpc) is 2.16. The Bertz CT molecular complexity index is 125. The van der Waals surface area contributed by atoms with E-state index in [2.05, 4.69) is 37.9 Å². The van der Waals surface area contributed by atoms with Crippen LogP contribution in [-0.2, 0) is 0 Å². The molecule has 0 radical (unpaired) electrons. The Kier molecular flexibility index (Phi) is 8.20. The van der Waals surface area contributed by atoms with Gasteiger partial charge < -0.3 is 10.2 Å². The minimum Gasteiger partial charge on any atom is -0.319 e. The maximum atomic E-state index is 3.24. The van der Waals surface area contributed by atoms with Gasteiger partial charge >= 0.3 is 0 Å². The molecular formula is C12H28N2. The predicted molar refractivity (Wildman–Crippen MR) is 64.7 cm³/mol. The molecule has 0 aromatic rings. The van der Waals surface area contributed by atoms with E-state index in [9.17, 15) is 0 Å². The summed E-state index contributed by atoms with van der Waals surface area (Å²) in [6.45, 7) is 14.0. The molecule has 0 heterocycles. The van der Waals surface area contributed by atoms with Crippen molar-refractivity contribution in [3.05, 3.63) is 0 Å². The molecule has 0 saturated heterocycles. The van der Waals surface area contributed by atoms with Gasteiger partial charge in [-0.15, -0.1) is 0 Å². The minimum absolute atomic E-state index is 0.754. The minimum atomic E-state index is 0.754. The summed E-state index contributed by atoms with van der Waals surface area (Å²) in [4.78, 5) is 2.57. The largest absolute Gasteiger partial charge is 0.319 e. The van der Waals surface area contributed by atoms with E-state index in [4.69, 9.17) is 0 Å². The molecular weight excluding hydrogens is 172 g/mol. The third kappa shape index (κ3) is 6.39. The lowest BCUT2D eigenvalue weighted by Gasteiger charge is -2.26. The smallest absolute Gasteiger partial charge is 0.00191 e. The van der Waals surface area contributed by atoms with E-state index >= 15 is 0 Å². The summed E-state index contributed by atoms with van der Waals surface area (Å²) in [7, 11) is 2.03. The quantitative estimate of drug-likeness (QED) is 0.646. The van der Waals surface area contributed by atoms with Gasteiger partial charge in [-0.25, -0.2) is 0 Å². The van der Waals surface area contributed by atoms with Crippen molar-refractivity contribution in [2.45, 2.75) is 34.1 Å². The lowest BCUT2D eigenvalue weighted by molar-refractivity contribution is 0.215. The zero-order chi connectivity index (χ0) is 11.0. The molecule has 0 spiro atoms. The third-order valence-corrected chi connectivity index (χ3v) is 2.84. The highest BCUT2D eigenvalue weighted by atomic mass is 15.1. The van der Waals surface area contributed by atoms with Crippen molar-refractivity contribution < 1.29 is 0 Å². The molecule has 14 heavy (non-hydrogen) atoms. The number of hydrogen-bond donors (Lipinski definition) is 1. The van der Waals surface area contributed by atoms with Gasteiger partial charge in [-0.2, -0.15) is 0 Å². The zero-order valence-electron chi connectivity index (χ0n) is 10.6. The zero-order valence-corrected chi connectivity index (χ0v) is 10.6. The molecule has 0 rings (SSSR count). The van der Waals surface area contributed by atoms with Gasteiger partial charge in [-0.3, -0.25) is 0 Å². The van der Waals surface area contributed by atoms with E-state index in [0.29, 0.717) is 0 Å². The number of hydrogen-bond acceptors (Lipinski definition) is 2. The lowest BCUT2D eigenvalue weighted by atomic mass is 10.1. The summed E-state index contributed by atoms with van der Waals surface area (Å²) in [5.41, 5.74) is 0. The van der Waals surface area contributed by atoms with Crippen molar-refractivity contribution in [1.82, 2.24) is 10.2 Å². The molecule has 2 atom stereocenters. The Labute approximate surface area is 90.1 Å². The van der Waals surface area contributed by atoms with Crippen LogP contribution in [0.15, 0.2) is 0 Å². The second-order valence-corrected chi connectivity index (χ2v) is 4.53. The highest BCUT2D eigenvalue weighted by molar-refractivity contribution is 4.65. The molecule has 0 saturated carbocycles. The molecule has 1 N–H and O–H groups in total. The standard InChI is InChI=1S/C12H28N2/c1-6-11(3)9-14(7-2)10-12(4)8-13-5/h11-13H,6-10H2,1-5H3. The highest BCUT2D eigenvalue weighted by Gasteiger charge is 2.10. The van der Waals surface area contributed by atoms with Crippen LogP contribution >= 0.6 is 0 Å². The van der Waals surface area contributed by atoms with Crippen molar-refractivity contribution in [2.24, 2.45) is 11.8 Å². The maximum Gasteiger partial charge on any atom is 0.00191 e. The molecule has 0 aliphatic rings. The summed E-state index contributed by atoms with van der Waals surface area (Å²) < 4.78 is 0. The Morgan fingerprint density at radius 2 is 1.64 bits per heavy atom. The van der Waals surface area contributed by atoms with Crippen molar-refractivity contribution >= 4 is 0 Å². The second-order valence-electron chi connectivity index (χ2n) is 4.53. The normalized spacial score (nSPS) is 15.9. The molecule has 2 nitrogen and oxygen atoms in total. The van der Waals surface area contributed by atoms with E-state index in [1.54, 1.807) is 0 Å². The summed E-state index contributed by atoms with van der Waals surface area (Å²) in [6.07, 6.45) is 1.29. The van der Waals surface area contributed by atoms with Crippen LogP contribution in [0.1, 0.15) is 34.1 Å². The van der Waals surface area contributed by atoms with E-state index in [1.165, 1.54) is 26.1 Å². The SMILES string of the molecule is CCC(C)CN(CC)CC(C)CNC. The number of rotatable bonds is 8. The Morgan fingerprint density at radius 1 is 1.07 bits per heavy atom. The van der Waals surface area contributed by atoms with Crippen LogP contribution in [0.4, 0.5) is 0 Å². The van der Waals surface area contributed by atoms with Crippen molar-refractivity contribution in [3.8, 4) is 0 Å². The van der Waals surface area contributed by atoms with Crippen LogP contribution in [0.3, 0.4) is 0 Å². The van der Waals surface area contributed by atoms with Crippen molar-refractivity contribution in [2.75, 3.05) is 33.2 Å². The summed E-state index contributed by atoms with van der Waals surface area (Å²) >= 11 is 0. The van der Waals surface area contributed by atoms with E-state index in [-0.39, 0.29) is 0 Å². The van der Waals surface area contributed by atoms with Gasteiger partial charge in [0.25, 0.3) is 0 Å². The van der Waals surface area contributed by atoms with Gasteiger partial charge in [-0.05, 0) is 32.0 Å². The Balaban J connectivity index is 3.77.